The number of aromatic carboxylic acids is 1. The van der Waals surface area contributed by atoms with Crippen molar-refractivity contribution in [1.82, 2.24) is 15.2 Å². The third-order valence-corrected chi connectivity index (χ3v) is 3.74. The molecule has 1 saturated heterocycles. The van der Waals surface area contributed by atoms with E-state index in [0.29, 0.717) is 17.4 Å². The summed E-state index contributed by atoms with van der Waals surface area (Å²) in [6, 6.07) is 6.15. The molecule has 2 heterocycles. The summed E-state index contributed by atoms with van der Waals surface area (Å²) in [4.78, 5) is 28.6. The first-order valence-electron chi connectivity index (χ1n) is 6.96. The smallest absolute Gasteiger partial charge is 0.335 e. The molecule has 6 nitrogen and oxygen atoms in total. The van der Waals surface area contributed by atoms with E-state index in [1.807, 2.05) is 0 Å². The topological polar surface area (TPSA) is 85.4 Å². The molecule has 0 aliphatic carbocycles. The van der Waals surface area contributed by atoms with Gasteiger partial charge < -0.3 is 15.4 Å². The standard InChI is InChI=1S/C15H17N3O3/c19-14-8-11(9-18-5-3-16-4-6-18)17-13-2-1-10(15(20)21)7-12(13)14/h1-2,7-8,16H,3-6,9H2,(H,17,19)(H,20,21). The van der Waals surface area contributed by atoms with Crippen LogP contribution < -0.4 is 10.7 Å². The summed E-state index contributed by atoms with van der Waals surface area (Å²) in [5.74, 6) is -1.03. The summed E-state index contributed by atoms with van der Waals surface area (Å²) in [7, 11) is 0. The highest BCUT2D eigenvalue weighted by atomic mass is 16.4. The maximum Gasteiger partial charge on any atom is 0.335 e. The molecule has 1 aromatic carbocycles. The highest BCUT2D eigenvalue weighted by Crippen LogP contribution is 2.12. The molecule has 1 aromatic heterocycles. The minimum atomic E-state index is -1.03. The maximum absolute atomic E-state index is 12.2. The molecule has 110 valence electrons. The van der Waals surface area contributed by atoms with Crippen LogP contribution in [0, 0.1) is 0 Å². The number of carboxylic acids is 1. The van der Waals surface area contributed by atoms with Crippen molar-refractivity contribution in [1.29, 1.82) is 0 Å². The van der Waals surface area contributed by atoms with Crippen LogP contribution in [0.1, 0.15) is 16.1 Å². The summed E-state index contributed by atoms with van der Waals surface area (Å²) in [6.45, 7) is 4.53. The number of carboxylic acid groups (broad SMARTS) is 1. The molecule has 1 fully saturated rings. The highest BCUT2D eigenvalue weighted by molar-refractivity contribution is 5.93. The van der Waals surface area contributed by atoms with Crippen molar-refractivity contribution in [2.75, 3.05) is 26.2 Å². The van der Waals surface area contributed by atoms with E-state index in [1.54, 1.807) is 12.1 Å². The normalized spacial score (nSPS) is 16.2. The van der Waals surface area contributed by atoms with E-state index in [9.17, 15) is 9.59 Å². The van der Waals surface area contributed by atoms with Gasteiger partial charge in [-0.1, -0.05) is 0 Å². The third kappa shape index (κ3) is 2.96. The molecule has 3 rings (SSSR count). The second-order valence-corrected chi connectivity index (χ2v) is 5.25. The van der Waals surface area contributed by atoms with Crippen molar-refractivity contribution in [3.05, 3.63) is 45.7 Å². The fraction of sp³-hybridized carbons (Fsp3) is 0.333. The van der Waals surface area contributed by atoms with Crippen molar-refractivity contribution < 1.29 is 9.90 Å². The second-order valence-electron chi connectivity index (χ2n) is 5.25. The van der Waals surface area contributed by atoms with Crippen molar-refractivity contribution in [2.24, 2.45) is 0 Å². The van der Waals surface area contributed by atoms with Crippen LogP contribution in [-0.2, 0) is 6.54 Å². The fourth-order valence-electron chi connectivity index (χ4n) is 2.63. The van der Waals surface area contributed by atoms with E-state index in [2.05, 4.69) is 15.2 Å². The first-order valence-corrected chi connectivity index (χ1v) is 6.96. The van der Waals surface area contributed by atoms with Gasteiger partial charge in [0.25, 0.3) is 0 Å². The Kier molecular flexibility index (Phi) is 3.72. The number of nitrogens with one attached hydrogen (secondary N) is 2. The molecule has 0 radical (unpaired) electrons. The van der Waals surface area contributed by atoms with E-state index >= 15 is 0 Å². The first kappa shape index (κ1) is 13.8. The van der Waals surface area contributed by atoms with Gasteiger partial charge in [0, 0.05) is 55.4 Å². The van der Waals surface area contributed by atoms with E-state index in [1.165, 1.54) is 12.1 Å². The molecule has 0 saturated carbocycles. The van der Waals surface area contributed by atoms with Gasteiger partial charge in [-0.3, -0.25) is 9.69 Å². The van der Waals surface area contributed by atoms with Crippen molar-refractivity contribution >= 4 is 16.9 Å². The molecule has 0 bridgehead atoms. The molecule has 0 amide bonds. The van der Waals surface area contributed by atoms with Gasteiger partial charge in [-0.2, -0.15) is 0 Å². The summed E-state index contributed by atoms with van der Waals surface area (Å²) in [6.07, 6.45) is 0. The van der Waals surface area contributed by atoms with Gasteiger partial charge in [-0.15, -0.1) is 0 Å². The van der Waals surface area contributed by atoms with Gasteiger partial charge in [0.05, 0.1) is 5.56 Å². The van der Waals surface area contributed by atoms with Crippen LogP contribution in [-0.4, -0.2) is 47.1 Å². The van der Waals surface area contributed by atoms with Crippen LogP contribution in [0.3, 0.4) is 0 Å². The number of aromatic amines is 1. The zero-order valence-corrected chi connectivity index (χ0v) is 11.6. The predicted molar refractivity (Wildman–Crippen MR) is 79.7 cm³/mol. The molecule has 1 aliphatic heterocycles. The zero-order chi connectivity index (χ0) is 14.8. The molecule has 1 aliphatic rings. The van der Waals surface area contributed by atoms with Crippen LogP contribution in [0.2, 0.25) is 0 Å². The molecular formula is C15H17N3O3. The van der Waals surface area contributed by atoms with Crippen molar-refractivity contribution in [2.45, 2.75) is 6.54 Å². The first-order chi connectivity index (χ1) is 10.1. The fourth-order valence-corrected chi connectivity index (χ4v) is 2.63. The summed E-state index contributed by atoms with van der Waals surface area (Å²) in [5, 5.41) is 12.7. The van der Waals surface area contributed by atoms with Crippen LogP contribution in [0.5, 0.6) is 0 Å². The minimum absolute atomic E-state index is 0.128. The van der Waals surface area contributed by atoms with E-state index in [4.69, 9.17) is 5.11 Å². The second kappa shape index (κ2) is 5.67. The number of benzene rings is 1. The third-order valence-electron chi connectivity index (χ3n) is 3.74. The molecular weight excluding hydrogens is 270 g/mol. The summed E-state index contributed by atoms with van der Waals surface area (Å²) in [5.41, 5.74) is 1.52. The Morgan fingerprint density at radius 3 is 2.71 bits per heavy atom. The quantitative estimate of drug-likeness (QED) is 0.771. The SMILES string of the molecule is O=C(O)c1ccc2[nH]c(CN3CCNCC3)cc(=O)c2c1. The van der Waals surface area contributed by atoms with Gasteiger partial charge in [0.2, 0.25) is 0 Å². The van der Waals surface area contributed by atoms with Crippen LogP contribution in [0.25, 0.3) is 10.9 Å². The lowest BCUT2D eigenvalue weighted by Crippen LogP contribution is -2.43. The predicted octanol–water partition coefficient (Wildman–Crippen LogP) is 0.631. The molecule has 3 N–H and O–H groups in total. The Morgan fingerprint density at radius 2 is 2.00 bits per heavy atom. The Labute approximate surface area is 121 Å². The lowest BCUT2D eigenvalue weighted by atomic mass is 10.1. The van der Waals surface area contributed by atoms with Gasteiger partial charge in [-0.05, 0) is 18.2 Å². The molecule has 6 heteroatoms. The monoisotopic (exact) mass is 287 g/mol. The molecule has 2 aromatic rings. The van der Waals surface area contributed by atoms with Crippen LogP contribution >= 0.6 is 0 Å². The van der Waals surface area contributed by atoms with Gasteiger partial charge in [0.15, 0.2) is 5.43 Å². The van der Waals surface area contributed by atoms with Crippen molar-refractivity contribution in [3.63, 3.8) is 0 Å². The Morgan fingerprint density at radius 1 is 1.24 bits per heavy atom. The molecule has 0 atom stereocenters. The van der Waals surface area contributed by atoms with E-state index in [-0.39, 0.29) is 11.0 Å². The summed E-state index contributed by atoms with van der Waals surface area (Å²) < 4.78 is 0. The van der Waals surface area contributed by atoms with Gasteiger partial charge >= 0.3 is 5.97 Å². The highest BCUT2D eigenvalue weighted by Gasteiger charge is 2.12. The number of rotatable bonds is 3. The Hall–Kier alpha value is -2.18. The number of hydrogen-bond acceptors (Lipinski definition) is 4. The number of hydrogen-bond donors (Lipinski definition) is 3. The number of fused-ring (bicyclic) bond motifs is 1. The van der Waals surface area contributed by atoms with E-state index in [0.717, 1.165) is 31.9 Å². The zero-order valence-electron chi connectivity index (χ0n) is 11.6. The molecule has 21 heavy (non-hydrogen) atoms. The number of pyridine rings is 1. The number of carbonyl (C=O) groups is 1. The molecule has 0 unspecified atom stereocenters. The lowest BCUT2D eigenvalue weighted by Gasteiger charge is -2.27. The maximum atomic E-state index is 12.2. The van der Waals surface area contributed by atoms with Gasteiger partial charge in [0.1, 0.15) is 0 Å². The average molecular weight is 287 g/mol. The average Bonchev–Trinajstić information content (AvgIpc) is 2.48. The van der Waals surface area contributed by atoms with Gasteiger partial charge in [-0.25, -0.2) is 4.79 Å². The Bertz CT molecular complexity index is 733. The largest absolute Gasteiger partial charge is 0.478 e. The number of aromatic nitrogens is 1. The summed E-state index contributed by atoms with van der Waals surface area (Å²) >= 11 is 0. The number of piperazine rings is 1. The Balaban J connectivity index is 1.93. The molecule has 0 spiro atoms. The minimum Gasteiger partial charge on any atom is -0.478 e. The lowest BCUT2D eigenvalue weighted by molar-refractivity contribution is 0.0697. The van der Waals surface area contributed by atoms with E-state index < -0.39 is 5.97 Å². The number of H-pyrrole nitrogens is 1. The number of nitrogens with zero attached hydrogens (tertiary/aromatic N) is 1. The van der Waals surface area contributed by atoms with Crippen molar-refractivity contribution in [3.8, 4) is 0 Å². The van der Waals surface area contributed by atoms with Crippen LogP contribution in [0.4, 0.5) is 0 Å². The van der Waals surface area contributed by atoms with Crippen LogP contribution in [0.15, 0.2) is 29.1 Å².